The first-order valence-corrected chi connectivity index (χ1v) is 8.79. The van der Waals surface area contributed by atoms with Gasteiger partial charge in [0, 0.05) is 41.3 Å². The van der Waals surface area contributed by atoms with Crippen LogP contribution in [0.15, 0.2) is 24.5 Å². The number of aromatic nitrogens is 1. The Morgan fingerprint density at radius 3 is 2.23 bits per heavy atom. The molecule has 0 saturated heterocycles. The van der Waals surface area contributed by atoms with Crippen molar-refractivity contribution in [1.29, 1.82) is 0 Å². The number of aliphatic carboxylic acids is 2. The van der Waals surface area contributed by atoms with Crippen LogP contribution in [-0.2, 0) is 36.0 Å². The molecule has 0 aliphatic rings. The molecule has 30 heavy (non-hydrogen) atoms. The summed E-state index contributed by atoms with van der Waals surface area (Å²) in [6.45, 7) is -0.567. The maximum atomic E-state index is 11.5. The molecule has 1 aromatic heterocycles. The molecule has 12 nitrogen and oxygen atoms in total. The second kappa shape index (κ2) is 16.2. The number of carbonyl (C=O) groups excluding carboxylic acids is 3. The van der Waals surface area contributed by atoms with Gasteiger partial charge >= 0.3 is 11.9 Å². The van der Waals surface area contributed by atoms with Crippen LogP contribution in [0, 0.1) is 0 Å². The van der Waals surface area contributed by atoms with Gasteiger partial charge in [0.2, 0.25) is 17.7 Å². The van der Waals surface area contributed by atoms with Crippen molar-refractivity contribution in [3.05, 3.63) is 30.1 Å². The molecule has 1 radical (unpaired) electrons. The first-order chi connectivity index (χ1) is 13.6. The third-order valence-corrected chi connectivity index (χ3v) is 3.56. The number of nitrogens with one attached hydrogen (secondary N) is 2. The van der Waals surface area contributed by atoms with Crippen molar-refractivity contribution in [2.24, 2.45) is 11.5 Å². The minimum Gasteiger partial charge on any atom is -0.480 e. The van der Waals surface area contributed by atoms with Crippen LogP contribution in [-0.4, -0.2) is 69.2 Å². The Labute approximate surface area is 187 Å². The second-order valence-electron chi connectivity index (χ2n) is 5.50. The average Bonchev–Trinajstić information content (AvgIpc) is 2.69. The van der Waals surface area contributed by atoms with Crippen molar-refractivity contribution in [2.75, 3.05) is 12.3 Å². The van der Waals surface area contributed by atoms with Crippen LogP contribution < -0.4 is 22.1 Å². The van der Waals surface area contributed by atoms with E-state index in [2.05, 4.69) is 28.2 Å². The Morgan fingerprint density at radius 1 is 1.20 bits per heavy atom. The molecule has 0 aliphatic carbocycles. The first-order valence-electron chi connectivity index (χ1n) is 8.16. The second-order valence-corrected chi connectivity index (χ2v) is 5.87. The van der Waals surface area contributed by atoms with Crippen molar-refractivity contribution in [1.82, 2.24) is 15.6 Å². The van der Waals surface area contributed by atoms with Crippen molar-refractivity contribution in [2.45, 2.75) is 24.9 Å². The minimum atomic E-state index is -1.22. The van der Waals surface area contributed by atoms with E-state index >= 15 is 0 Å². The Hall–Kier alpha value is -2.68. The fourth-order valence-electron chi connectivity index (χ4n) is 1.67. The predicted octanol–water partition coefficient (Wildman–Crippen LogP) is -2.03. The number of hydrogen-bond acceptors (Lipinski definition) is 8. The third kappa shape index (κ3) is 13.5. The van der Waals surface area contributed by atoms with Crippen LogP contribution in [0.3, 0.4) is 0 Å². The van der Waals surface area contributed by atoms with Crippen LogP contribution in [0.25, 0.3) is 0 Å². The number of thiol groups is 1. The summed E-state index contributed by atoms with van der Waals surface area (Å²) in [6.07, 6.45) is 2.79. The zero-order valence-corrected chi connectivity index (χ0v) is 17.5. The van der Waals surface area contributed by atoms with Crippen LogP contribution in [0.5, 0.6) is 0 Å². The molecule has 1 heterocycles. The molecule has 2 atom stereocenters. The molecule has 0 unspecified atom stereocenters. The number of carboxylic acid groups (broad SMARTS) is 2. The van der Waals surface area contributed by atoms with E-state index in [4.69, 9.17) is 21.7 Å². The number of rotatable bonds is 10. The summed E-state index contributed by atoms with van der Waals surface area (Å²) in [6, 6.07) is 1.14. The molecule has 14 heteroatoms. The number of carboxylic acids is 2. The zero-order valence-electron chi connectivity index (χ0n) is 15.6. The van der Waals surface area contributed by atoms with E-state index in [1.165, 1.54) is 6.20 Å². The Bertz CT molecular complexity index is 723. The number of pyridine rings is 1. The van der Waals surface area contributed by atoms with Crippen LogP contribution in [0.2, 0.25) is 0 Å². The van der Waals surface area contributed by atoms with Crippen molar-refractivity contribution in [3.8, 4) is 0 Å². The standard InChI is InChI=1S/C10H17N3O6S.C6H6N2O.Co/c11-5(10(18)19)1-2-7(14)13-6(4-20)9(17)12-3-8(15)16;7-6(9)5-2-1-3-8-4-5;/h5-6,20H,1-4,11H2,(H,12,17)(H,13,14)(H,15,16)(H,18,19);1-4H,(H2,7,9);/t5-,6-;;/m0../s1. The Balaban J connectivity index is 0. The fourth-order valence-corrected chi connectivity index (χ4v) is 1.92. The van der Waals surface area contributed by atoms with E-state index in [0.717, 1.165) is 0 Å². The summed E-state index contributed by atoms with van der Waals surface area (Å²) < 4.78 is 0. The third-order valence-electron chi connectivity index (χ3n) is 3.19. The van der Waals surface area contributed by atoms with E-state index in [1.807, 2.05) is 0 Å². The van der Waals surface area contributed by atoms with Gasteiger partial charge in [-0.05, 0) is 18.6 Å². The van der Waals surface area contributed by atoms with Gasteiger partial charge in [-0.3, -0.25) is 29.0 Å². The van der Waals surface area contributed by atoms with Gasteiger partial charge in [-0.1, -0.05) is 0 Å². The van der Waals surface area contributed by atoms with Gasteiger partial charge in [0.1, 0.15) is 18.6 Å². The summed E-state index contributed by atoms with van der Waals surface area (Å²) in [5.74, 6) is -4.15. The Kier molecular flexibility index (Phi) is 15.9. The van der Waals surface area contributed by atoms with Crippen LogP contribution in [0.1, 0.15) is 23.2 Å². The van der Waals surface area contributed by atoms with E-state index < -0.39 is 48.3 Å². The summed E-state index contributed by atoms with van der Waals surface area (Å²) in [5.41, 5.74) is 10.6. The first kappa shape index (κ1) is 29.5. The topological polar surface area (TPSA) is 215 Å². The maximum Gasteiger partial charge on any atom is 0.322 e. The molecule has 3 amide bonds. The van der Waals surface area contributed by atoms with E-state index in [9.17, 15) is 24.0 Å². The number of carbonyl (C=O) groups is 5. The number of primary amides is 1. The van der Waals surface area contributed by atoms with Gasteiger partial charge in [-0.15, -0.1) is 0 Å². The molecule has 169 valence electrons. The van der Waals surface area contributed by atoms with Crippen LogP contribution >= 0.6 is 12.6 Å². The SMILES string of the molecule is NC(=O)c1cccnc1.N[C@@H](CCC(=O)N[C@@H](CS)C(=O)NCC(=O)O)C(=O)O.[Co]. The smallest absolute Gasteiger partial charge is 0.322 e. The molecule has 0 aromatic carbocycles. The number of hydrogen-bond donors (Lipinski definition) is 7. The average molecular weight is 488 g/mol. The van der Waals surface area contributed by atoms with E-state index in [-0.39, 0.29) is 35.4 Å². The van der Waals surface area contributed by atoms with Gasteiger partial charge < -0.3 is 32.3 Å². The molecule has 0 aliphatic heterocycles. The van der Waals surface area contributed by atoms with Crippen molar-refractivity contribution in [3.63, 3.8) is 0 Å². The van der Waals surface area contributed by atoms with Gasteiger partial charge in [0.15, 0.2) is 0 Å². The summed E-state index contributed by atoms with van der Waals surface area (Å²) >= 11 is 3.87. The molecule has 1 aromatic rings. The van der Waals surface area contributed by atoms with Gasteiger partial charge in [0.05, 0.1) is 5.56 Å². The molecule has 8 N–H and O–H groups in total. The normalized spacial score (nSPS) is 11.4. The number of nitrogens with two attached hydrogens (primary N) is 2. The zero-order chi connectivity index (χ0) is 22.4. The minimum absolute atomic E-state index is 0. The monoisotopic (exact) mass is 488 g/mol. The summed E-state index contributed by atoms with van der Waals surface area (Å²) in [4.78, 5) is 57.8. The van der Waals surface area contributed by atoms with Crippen LogP contribution in [0.4, 0.5) is 0 Å². The van der Waals surface area contributed by atoms with Crippen molar-refractivity contribution < 1.29 is 51.0 Å². The molecular weight excluding hydrogens is 465 g/mol. The summed E-state index contributed by atoms with van der Waals surface area (Å²) in [5, 5.41) is 21.4. The number of nitrogens with zero attached hydrogens (tertiary/aromatic N) is 1. The largest absolute Gasteiger partial charge is 0.480 e. The molecule has 0 fully saturated rings. The van der Waals surface area contributed by atoms with Gasteiger partial charge in [0.25, 0.3) is 0 Å². The van der Waals surface area contributed by atoms with Gasteiger partial charge in [-0.25, -0.2) is 0 Å². The number of amides is 3. The maximum absolute atomic E-state index is 11.5. The van der Waals surface area contributed by atoms with Crippen molar-refractivity contribution >= 4 is 42.3 Å². The van der Waals surface area contributed by atoms with E-state index in [1.54, 1.807) is 18.3 Å². The molecule has 1 rings (SSSR count). The molecule has 0 spiro atoms. The molecular formula is C16H23CoN5O7S. The fraction of sp³-hybridized carbons (Fsp3) is 0.375. The van der Waals surface area contributed by atoms with E-state index in [0.29, 0.717) is 5.56 Å². The molecule has 0 saturated carbocycles. The van der Waals surface area contributed by atoms with Gasteiger partial charge in [-0.2, -0.15) is 12.6 Å². The Morgan fingerprint density at radius 2 is 1.83 bits per heavy atom. The quantitative estimate of drug-likeness (QED) is 0.181. The summed E-state index contributed by atoms with van der Waals surface area (Å²) in [7, 11) is 0. The predicted molar refractivity (Wildman–Crippen MR) is 104 cm³/mol. The molecule has 0 bridgehead atoms.